The van der Waals surface area contributed by atoms with Gasteiger partial charge in [0.15, 0.2) is 0 Å². The van der Waals surface area contributed by atoms with Gasteiger partial charge < -0.3 is 14.8 Å². The van der Waals surface area contributed by atoms with Crippen molar-refractivity contribution in [1.29, 1.82) is 0 Å². The number of halogens is 1. The van der Waals surface area contributed by atoms with E-state index in [0.717, 1.165) is 11.1 Å². The number of aromatic nitrogens is 2. The molecule has 156 valence electrons. The van der Waals surface area contributed by atoms with Crippen LogP contribution in [0.5, 0.6) is 0 Å². The minimum absolute atomic E-state index is 0.0891. The van der Waals surface area contributed by atoms with Crippen LogP contribution < -0.4 is 5.32 Å². The van der Waals surface area contributed by atoms with Gasteiger partial charge >= 0.3 is 0 Å². The lowest BCUT2D eigenvalue weighted by molar-refractivity contribution is 0.0916. The first kappa shape index (κ1) is 20.8. The molecule has 0 saturated heterocycles. The quantitative estimate of drug-likeness (QED) is 0.454. The lowest BCUT2D eigenvalue weighted by Gasteiger charge is -2.12. The van der Waals surface area contributed by atoms with E-state index in [1.165, 1.54) is 0 Å². The van der Waals surface area contributed by atoms with E-state index in [1.807, 2.05) is 31.2 Å². The largest absolute Gasteiger partial charge is 0.416 e. The molecular weight excluding hydrogens is 414 g/mol. The summed E-state index contributed by atoms with van der Waals surface area (Å²) < 4.78 is 5.77. The van der Waals surface area contributed by atoms with Crippen LogP contribution in [0.15, 0.2) is 77.2 Å². The smallest absolute Gasteiger partial charge is 0.251 e. The van der Waals surface area contributed by atoms with Gasteiger partial charge in [0.2, 0.25) is 11.8 Å². The number of nitrogens with one attached hydrogen (secondary N) is 1. The summed E-state index contributed by atoms with van der Waals surface area (Å²) in [4.78, 5) is 12.4. The molecule has 0 aliphatic rings. The molecule has 6 nitrogen and oxygen atoms in total. The molecule has 1 aromatic heterocycles. The van der Waals surface area contributed by atoms with E-state index in [0.29, 0.717) is 33.5 Å². The van der Waals surface area contributed by atoms with Crippen LogP contribution in [-0.2, 0) is 0 Å². The Morgan fingerprint density at radius 3 is 2.06 bits per heavy atom. The first-order valence-corrected chi connectivity index (χ1v) is 10.1. The number of hydrogen-bond acceptors (Lipinski definition) is 5. The maximum atomic E-state index is 12.4. The van der Waals surface area contributed by atoms with Crippen molar-refractivity contribution in [2.24, 2.45) is 0 Å². The lowest BCUT2D eigenvalue weighted by atomic mass is 10.1. The van der Waals surface area contributed by atoms with Gasteiger partial charge in [-0.2, -0.15) is 0 Å². The number of hydrogen-bond donors (Lipinski definition) is 2. The Bertz CT molecular complexity index is 1170. The Kier molecular flexibility index (Phi) is 6.11. The number of amides is 1. The Labute approximate surface area is 184 Å². The van der Waals surface area contributed by atoms with Crippen LogP contribution in [0, 0.1) is 6.92 Å². The van der Waals surface area contributed by atoms with E-state index >= 15 is 0 Å². The Morgan fingerprint density at radius 2 is 1.48 bits per heavy atom. The van der Waals surface area contributed by atoms with Gasteiger partial charge in [0.05, 0.1) is 6.10 Å². The van der Waals surface area contributed by atoms with Crippen molar-refractivity contribution < 1.29 is 14.3 Å². The molecule has 1 atom stereocenters. The number of rotatable bonds is 6. The SMILES string of the molecule is Cc1ccc(-c2nnc(-c3ccc(C(=O)NCC(O)c4ccc(Cl)cc4)cc3)o2)cc1. The predicted molar refractivity (Wildman–Crippen MR) is 119 cm³/mol. The van der Waals surface area contributed by atoms with Crippen molar-refractivity contribution >= 4 is 17.5 Å². The van der Waals surface area contributed by atoms with E-state index in [4.69, 9.17) is 16.0 Å². The summed E-state index contributed by atoms with van der Waals surface area (Å²) in [6.07, 6.45) is -0.820. The van der Waals surface area contributed by atoms with E-state index in [-0.39, 0.29) is 12.5 Å². The fourth-order valence-electron chi connectivity index (χ4n) is 3.01. The summed E-state index contributed by atoms with van der Waals surface area (Å²) in [6.45, 7) is 2.10. The van der Waals surface area contributed by atoms with Crippen molar-refractivity contribution in [3.05, 3.63) is 94.5 Å². The highest BCUT2D eigenvalue weighted by atomic mass is 35.5. The molecule has 2 N–H and O–H groups in total. The highest BCUT2D eigenvalue weighted by Crippen LogP contribution is 2.24. The average molecular weight is 434 g/mol. The number of aliphatic hydroxyl groups excluding tert-OH is 1. The highest BCUT2D eigenvalue weighted by Gasteiger charge is 2.13. The summed E-state index contributed by atoms with van der Waals surface area (Å²) >= 11 is 5.85. The van der Waals surface area contributed by atoms with Crippen LogP contribution in [0.1, 0.15) is 27.6 Å². The zero-order valence-corrected chi connectivity index (χ0v) is 17.5. The summed E-state index contributed by atoms with van der Waals surface area (Å²) in [7, 11) is 0. The third-order valence-electron chi connectivity index (χ3n) is 4.83. The normalized spacial score (nSPS) is 11.8. The number of carbonyl (C=O) groups is 1. The molecule has 31 heavy (non-hydrogen) atoms. The molecule has 3 aromatic carbocycles. The monoisotopic (exact) mass is 433 g/mol. The molecule has 1 heterocycles. The first-order valence-electron chi connectivity index (χ1n) is 9.72. The van der Waals surface area contributed by atoms with Gasteiger partial charge in [-0.15, -0.1) is 10.2 Å². The molecule has 4 rings (SSSR count). The predicted octanol–water partition coefficient (Wildman–Crippen LogP) is 4.83. The second-order valence-corrected chi connectivity index (χ2v) is 7.57. The van der Waals surface area contributed by atoms with Crippen LogP contribution in [0.4, 0.5) is 0 Å². The minimum Gasteiger partial charge on any atom is -0.416 e. The van der Waals surface area contributed by atoms with Crippen molar-refractivity contribution in [2.75, 3.05) is 6.54 Å². The zero-order valence-electron chi connectivity index (χ0n) is 16.7. The van der Waals surface area contributed by atoms with E-state index in [2.05, 4.69) is 15.5 Å². The van der Waals surface area contributed by atoms with Crippen LogP contribution in [0.3, 0.4) is 0 Å². The molecular formula is C24H20ClN3O3. The van der Waals surface area contributed by atoms with E-state index < -0.39 is 6.10 Å². The number of aryl methyl sites for hydroxylation is 1. The Hall–Kier alpha value is -3.48. The van der Waals surface area contributed by atoms with Crippen molar-refractivity contribution in [3.8, 4) is 22.9 Å². The van der Waals surface area contributed by atoms with Gasteiger partial charge in [-0.1, -0.05) is 41.4 Å². The van der Waals surface area contributed by atoms with Gasteiger partial charge in [0, 0.05) is 28.3 Å². The third kappa shape index (κ3) is 4.99. The van der Waals surface area contributed by atoms with E-state index in [1.54, 1.807) is 48.5 Å². The van der Waals surface area contributed by atoms with Crippen LogP contribution in [-0.4, -0.2) is 27.8 Å². The number of nitrogens with zero attached hydrogens (tertiary/aromatic N) is 2. The number of carbonyl (C=O) groups excluding carboxylic acids is 1. The minimum atomic E-state index is -0.820. The second-order valence-electron chi connectivity index (χ2n) is 7.13. The average Bonchev–Trinajstić information content (AvgIpc) is 3.28. The molecule has 4 aromatic rings. The molecule has 0 saturated carbocycles. The zero-order chi connectivity index (χ0) is 21.8. The summed E-state index contributed by atoms with van der Waals surface area (Å²) in [5.74, 6) is 0.527. The van der Waals surface area contributed by atoms with Gasteiger partial charge in [-0.25, -0.2) is 0 Å². The van der Waals surface area contributed by atoms with Crippen molar-refractivity contribution in [3.63, 3.8) is 0 Å². The second kappa shape index (κ2) is 9.12. The van der Waals surface area contributed by atoms with Gasteiger partial charge in [0.1, 0.15) is 0 Å². The van der Waals surface area contributed by atoms with Gasteiger partial charge in [-0.05, 0) is 61.0 Å². The van der Waals surface area contributed by atoms with Gasteiger partial charge in [-0.3, -0.25) is 4.79 Å². The number of aliphatic hydroxyl groups is 1. The highest BCUT2D eigenvalue weighted by molar-refractivity contribution is 6.30. The van der Waals surface area contributed by atoms with Crippen molar-refractivity contribution in [1.82, 2.24) is 15.5 Å². The van der Waals surface area contributed by atoms with E-state index in [9.17, 15) is 9.90 Å². The fourth-order valence-corrected chi connectivity index (χ4v) is 3.14. The molecule has 0 aliphatic heterocycles. The lowest BCUT2D eigenvalue weighted by Crippen LogP contribution is -2.28. The standard InChI is InChI=1S/C24H20ClN3O3/c1-15-2-4-18(5-3-15)23-27-28-24(31-23)19-8-6-17(7-9-19)22(30)26-14-21(29)16-10-12-20(25)13-11-16/h2-13,21,29H,14H2,1H3,(H,26,30). The van der Waals surface area contributed by atoms with Crippen LogP contribution >= 0.6 is 11.6 Å². The Balaban J connectivity index is 1.39. The maximum Gasteiger partial charge on any atom is 0.251 e. The molecule has 0 aliphatic carbocycles. The molecule has 0 spiro atoms. The van der Waals surface area contributed by atoms with Crippen LogP contribution in [0.25, 0.3) is 22.9 Å². The summed E-state index contributed by atoms with van der Waals surface area (Å²) in [5.41, 5.74) is 3.85. The number of benzene rings is 3. The molecule has 0 fully saturated rings. The maximum absolute atomic E-state index is 12.4. The molecule has 1 amide bonds. The van der Waals surface area contributed by atoms with Crippen LogP contribution in [0.2, 0.25) is 5.02 Å². The fraction of sp³-hybridized carbons (Fsp3) is 0.125. The Morgan fingerprint density at radius 1 is 0.935 bits per heavy atom. The third-order valence-corrected chi connectivity index (χ3v) is 5.08. The molecule has 0 bridgehead atoms. The molecule has 0 radical (unpaired) electrons. The summed E-state index contributed by atoms with van der Waals surface area (Å²) in [5, 5.41) is 21.7. The topological polar surface area (TPSA) is 88.2 Å². The molecule has 7 heteroatoms. The first-order chi connectivity index (χ1) is 15.0. The van der Waals surface area contributed by atoms with Crippen molar-refractivity contribution in [2.45, 2.75) is 13.0 Å². The summed E-state index contributed by atoms with van der Waals surface area (Å²) in [6, 6.07) is 21.5. The van der Waals surface area contributed by atoms with Gasteiger partial charge in [0.25, 0.3) is 5.91 Å². The molecule has 1 unspecified atom stereocenters.